The Morgan fingerprint density at radius 3 is 2.83 bits per heavy atom. The molecule has 0 radical (unpaired) electrons. The average Bonchev–Trinajstić information content (AvgIpc) is 2.48. The lowest BCUT2D eigenvalue weighted by molar-refractivity contribution is -0.153. The Morgan fingerprint density at radius 1 is 1.46 bits per heavy atom. The monoisotopic (exact) mass is 384 g/mol. The Hall–Kier alpha value is -1.12. The van der Waals surface area contributed by atoms with Crippen LogP contribution in [0.15, 0.2) is 18.2 Å². The fourth-order valence-corrected chi connectivity index (χ4v) is 3.19. The molecule has 0 spiro atoms. The van der Waals surface area contributed by atoms with Gasteiger partial charge in [0.1, 0.15) is 5.75 Å². The van der Waals surface area contributed by atoms with Gasteiger partial charge in [0.15, 0.2) is 6.61 Å². The molecule has 0 bridgehead atoms. The molecule has 1 aromatic carbocycles. The number of nitrogens with one attached hydrogen (secondary N) is 2. The Balaban J connectivity index is 0.00000288. The Bertz CT molecular complexity index is 552. The number of carbonyl (C=O) groups excluding carboxylic acids is 1. The number of carbonyl (C=O) groups is 1. The first-order valence-corrected chi connectivity index (χ1v) is 8.41. The molecule has 1 atom stereocenters. The maximum absolute atomic E-state index is 12.2. The van der Waals surface area contributed by atoms with E-state index in [4.69, 9.17) is 4.74 Å². The van der Waals surface area contributed by atoms with Crippen LogP contribution >= 0.6 is 24.2 Å². The highest BCUT2D eigenvalue weighted by atomic mass is 35.5. The zero-order valence-electron chi connectivity index (χ0n) is 13.1. The lowest BCUT2D eigenvalue weighted by atomic mass is 10.1. The van der Waals surface area contributed by atoms with Crippen LogP contribution in [-0.4, -0.2) is 42.8 Å². The van der Waals surface area contributed by atoms with Gasteiger partial charge >= 0.3 is 6.18 Å². The van der Waals surface area contributed by atoms with Crippen molar-refractivity contribution in [3.05, 3.63) is 23.8 Å². The van der Waals surface area contributed by atoms with Gasteiger partial charge in [0, 0.05) is 41.8 Å². The van der Waals surface area contributed by atoms with E-state index in [1.807, 2.05) is 0 Å². The first-order chi connectivity index (χ1) is 10.8. The van der Waals surface area contributed by atoms with Crippen LogP contribution in [0.4, 0.5) is 18.9 Å². The van der Waals surface area contributed by atoms with Gasteiger partial charge < -0.3 is 15.4 Å². The van der Waals surface area contributed by atoms with Gasteiger partial charge in [-0.05, 0) is 19.1 Å². The molecular formula is C15H20ClF3N2O2S. The van der Waals surface area contributed by atoms with Gasteiger partial charge in [-0.1, -0.05) is 6.07 Å². The molecule has 4 nitrogen and oxygen atoms in total. The van der Waals surface area contributed by atoms with Crippen molar-refractivity contribution in [2.45, 2.75) is 25.6 Å². The van der Waals surface area contributed by atoms with E-state index in [2.05, 4.69) is 10.6 Å². The third-order valence-electron chi connectivity index (χ3n) is 3.38. The molecule has 1 aromatic rings. The van der Waals surface area contributed by atoms with Crippen LogP contribution < -0.4 is 15.4 Å². The second kappa shape index (κ2) is 9.39. The fourth-order valence-electron chi connectivity index (χ4n) is 2.24. The predicted octanol–water partition coefficient (Wildman–Crippen LogP) is 3.39. The first kappa shape index (κ1) is 20.9. The van der Waals surface area contributed by atoms with E-state index in [0.717, 1.165) is 18.1 Å². The van der Waals surface area contributed by atoms with E-state index < -0.39 is 12.8 Å². The minimum atomic E-state index is -4.39. The van der Waals surface area contributed by atoms with Crippen molar-refractivity contribution in [1.29, 1.82) is 0 Å². The molecule has 1 fully saturated rings. The smallest absolute Gasteiger partial charge is 0.422 e. The molecule has 1 aliphatic rings. The van der Waals surface area contributed by atoms with Crippen LogP contribution in [0.3, 0.4) is 0 Å². The predicted molar refractivity (Wildman–Crippen MR) is 92.3 cm³/mol. The summed E-state index contributed by atoms with van der Waals surface area (Å²) >= 11 is 1.80. The highest BCUT2D eigenvalue weighted by Crippen LogP contribution is 2.27. The molecule has 1 aliphatic heterocycles. The summed E-state index contributed by atoms with van der Waals surface area (Å²) in [4.78, 5) is 12.1. The van der Waals surface area contributed by atoms with Gasteiger partial charge in [-0.15, -0.1) is 12.4 Å². The van der Waals surface area contributed by atoms with Crippen LogP contribution in [0.25, 0.3) is 0 Å². The summed E-state index contributed by atoms with van der Waals surface area (Å²) in [7, 11) is 0. The van der Waals surface area contributed by atoms with Gasteiger partial charge in [-0.25, -0.2) is 0 Å². The summed E-state index contributed by atoms with van der Waals surface area (Å²) in [5, 5.41) is 6.01. The molecule has 0 aromatic heterocycles. The van der Waals surface area contributed by atoms with E-state index in [-0.39, 0.29) is 30.1 Å². The lowest BCUT2D eigenvalue weighted by Crippen LogP contribution is -2.39. The van der Waals surface area contributed by atoms with Crippen molar-refractivity contribution in [3.8, 4) is 5.75 Å². The Labute approximate surface area is 149 Å². The summed E-state index contributed by atoms with van der Waals surface area (Å²) in [6.07, 6.45) is -4.06. The van der Waals surface area contributed by atoms with Crippen LogP contribution in [0, 0.1) is 6.92 Å². The van der Waals surface area contributed by atoms with Gasteiger partial charge in [0.05, 0.1) is 0 Å². The van der Waals surface area contributed by atoms with Crippen LogP contribution in [0.2, 0.25) is 0 Å². The van der Waals surface area contributed by atoms with Crippen molar-refractivity contribution >= 4 is 35.8 Å². The largest absolute Gasteiger partial charge is 0.484 e. The average molecular weight is 385 g/mol. The number of hydrogen-bond donors (Lipinski definition) is 2. The molecule has 136 valence electrons. The molecule has 9 heteroatoms. The summed E-state index contributed by atoms with van der Waals surface area (Å²) in [6, 6.07) is 4.79. The number of anilines is 1. The number of rotatable bonds is 5. The number of alkyl halides is 3. The number of amides is 1. The topological polar surface area (TPSA) is 50.4 Å². The van der Waals surface area contributed by atoms with Crippen molar-refractivity contribution in [2.75, 3.05) is 30.0 Å². The van der Waals surface area contributed by atoms with Crippen LogP contribution in [0.1, 0.15) is 12.0 Å². The molecule has 1 amide bonds. The second-order valence-corrected chi connectivity index (χ2v) is 6.46. The molecule has 2 rings (SSSR count). The molecule has 2 N–H and O–H groups in total. The molecule has 1 heterocycles. The zero-order valence-corrected chi connectivity index (χ0v) is 14.7. The van der Waals surface area contributed by atoms with Crippen LogP contribution in [0.5, 0.6) is 5.75 Å². The molecule has 0 saturated carbocycles. The summed E-state index contributed by atoms with van der Waals surface area (Å²) < 4.78 is 41.5. The quantitative estimate of drug-likeness (QED) is 0.817. The van der Waals surface area contributed by atoms with Crippen molar-refractivity contribution < 1.29 is 22.7 Å². The Morgan fingerprint density at radius 2 is 2.21 bits per heavy atom. The molecule has 1 saturated heterocycles. The standard InChI is InChI=1S/C15H19F3N2O2S.ClH/c1-10-12(3-2-4-13(10)22-9-15(16,17)18)20-14(21)7-11-8-23-6-5-19-11;/h2-4,11,19H,5-9H2,1H3,(H,20,21);1H. The molecule has 1 unspecified atom stereocenters. The summed E-state index contributed by atoms with van der Waals surface area (Å²) in [5.41, 5.74) is 0.953. The normalized spacial score (nSPS) is 17.8. The van der Waals surface area contributed by atoms with Crippen molar-refractivity contribution in [2.24, 2.45) is 0 Å². The van der Waals surface area contributed by atoms with Gasteiger partial charge in [-0.3, -0.25) is 4.79 Å². The second-order valence-electron chi connectivity index (χ2n) is 5.31. The highest BCUT2D eigenvalue weighted by Gasteiger charge is 2.28. The Kier molecular flexibility index (Phi) is 8.18. The summed E-state index contributed by atoms with van der Waals surface area (Å²) in [6.45, 7) is 1.15. The third-order valence-corrected chi connectivity index (χ3v) is 4.51. The van der Waals surface area contributed by atoms with E-state index in [1.165, 1.54) is 6.07 Å². The van der Waals surface area contributed by atoms with Gasteiger partial charge in [-0.2, -0.15) is 24.9 Å². The number of benzene rings is 1. The highest BCUT2D eigenvalue weighted by molar-refractivity contribution is 7.99. The number of ether oxygens (including phenoxy) is 1. The van der Waals surface area contributed by atoms with E-state index in [9.17, 15) is 18.0 Å². The van der Waals surface area contributed by atoms with Gasteiger partial charge in [0.25, 0.3) is 0 Å². The van der Waals surface area contributed by atoms with E-state index in [0.29, 0.717) is 17.7 Å². The SMILES string of the molecule is Cc1c(NC(=O)CC2CSCCN2)cccc1OCC(F)(F)F.Cl. The number of thioether (sulfide) groups is 1. The first-order valence-electron chi connectivity index (χ1n) is 7.25. The van der Waals surface area contributed by atoms with Crippen LogP contribution in [-0.2, 0) is 4.79 Å². The summed E-state index contributed by atoms with van der Waals surface area (Å²) in [5.74, 6) is 1.87. The van der Waals surface area contributed by atoms with E-state index >= 15 is 0 Å². The lowest BCUT2D eigenvalue weighted by Gasteiger charge is -2.22. The van der Waals surface area contributed by atoms with Crippen molar-refractivity contribution in [3.63, 3.8) is 0 Å². The van der Waals surface area contributed by atoms with Gasteiger partial charge in [0.2, 0.25) is 5.91 Å². The third kappa shape index (κ3) is 6.78. The maximum Gasteiger partial charge on any atom is 0.422 e. The number of hydrogen-bond acceptors (Lipinski definition) is 4. The fraction of sp³-hybridized carbons (Fsp3) is 0.533. The molecule has 24 heavy (non-hydrogen) atoms. The minimum absolute atomic E-state index is 0. The molecule has 0 aliphatic carbocycles. The number of halogens is 4. The molecular weight excluding hydrogens is 365 g/mol. The van der Waals surface area contributed by atoms with E-state index in [1.54, 1.807) is 30.8 Å². The minimum Gasteiger partial charge on any atom is -0.484 e. The van der Waals surface area contributed by atoms with Crippen molar-refractivity contribution in [1.82, 2.24) is 5.32 Å². The maximum atomic E-state index is 12.2. The zero-order chi connectivity index (χ0) is 16.9.